The van der Waals surface area contributed by atoms with Crippen LogP contribution < -0.4 is 20.9 Å². The number of carbonyl (C=O) groups is 2. The van der Waals surface area contributed by atoms with E-state index in [9.17, 15) is 14.0 Å². The first-order valence-electron chi connectivity index (χ1n) is 10.3. The standard InChI is InChI=1S/C22H21ClFN7O2/c23-14-2-5-19(27-11-14)30-21(32)16-10-15(24)3-4-17(16)29-22(33)18-12-28-20(13-26-18)31-8-1-6-25-7-9-31/h2-5,10-13,25H,1,6-9H2,(H,29,33)(H,27,30,32). The minimum Gasteiger partial charge on any atom is -0.354 e. The zero-order chi connectivity index (χ0) is 23.2. The van der Waals surface area contributed by atoms with E-state index in [1.807, 2.05) is 0 Å². The van der Waals surface area contributed by atoms with E-state index in [1.165, 1.54) is 24.5 Å². The third-order valence-corrected chi connectivity index (χ3v) is 5.20. The molecular weight excluding hydrogens is 449 g/mol. The molecule has 1 aliphatic heterocycles. The van der Waals surface area contributed by atoms with Gasteiger partial charge in [-0.25, -0.2) is 19.3 Å². The lowest BCUT2D eigenvalue weighted by Gasteiger charge is -2.20. The van der Waals surface area contributed by atoms with Gasteiger partial charge in [-0.05, 0) is 43.3 Å². The van der Waals surface area contributed by atoms with Gasteiger partial charge in [0.25, 0.3) is 11.8 Å². The highest BCUT2D eigenvalue weighted by molar-refractivity contribution is 6.30. The molecule has 3 N–H and O–H groups in total. The van der Waals surface area contributed by atoms with Gasteiger partial charge in [0.1, 0.15) is 23.1 Å². The maximum atomic E-state index is 13.9. The molecule has 0 aliphatic carbocycles. The molecule has 9 nitrogen and oxygen atoms in total. The molecule has 11 heteroatoms. The van der Waals surface area contributed by atoms with Crippen molar-refractivity contribution in [3.8, 4) is 0 Å². The number of pyridine rings is 1. The molecular formula is C22H21ClFN7O2. The van der Waals surface area contributed by atoms with Gasteiger partial charge in [-0.2, -0.15) is 0 Å². The molecule has 1 aromatic carbocycles. The molecule has 1 fully saturated rings. The lowest BCUT2D eigenvalue weighted by molar-refractivity contribution is 0.102. The van der Waals surface area contributed by atoms with Crippen LogP contribution in [0.15, 0.2) is 48.9 Å². The van der Waals surface area contributed by atoms with E-state index in [0.717, 1.165) is 44.7 Å². The fourth-order valence-electron chi connectivity index (χ4n) is 3.31. The number of hydrogen-bond donors (Lipinski definition) is 3. The van der Waals surface area contributed by atoms with Gasteiger partial charge in [-0.3, -0.25) is 9.59 Å². The average Bonchev–Trinajstić information content (AvgIpc) is 3.11. The van der Waals surface area contributed by atoms with Crippen LogP contribution in [0.3, 0.4) is 0 Å². The van der Waals surface area contributed by atoms with Crippen molar-refractivity contribution in [2.75, 3.05) is 41.7 Å². The van der Waals surface area contributed by atoms with Gasteiger partial charge < -0.3 is 20.9 Å². The van der Waals surface area contributed by atoms with E-state index in [0.29, 0.717) is 10.8 Å². The molecule has 1 aliphatic rings. The van der Waals surface area contributed by atoms with E-state index in [2.05, 4.69) is 35.8 Å². The second-order valence-electron chi connectivity index (χ2n) is 7.31. The van der Waals surface area contributed by atoms with Crippen LogP contribution in [0.4, 0.5) is 21.7 Å². The molecule has 0 spiro atoms. The number of halogens is 2. The predicted molar refractivity (Wildman–Crippen MR) is 123 cm³/mol. The van der Waals surface area contributed by atoms with Crippen molar-refractivity contribution in [1.82, 2.24) is 20.3 Å². The number of rotatable bonds is 5. The summed E-state index contributed by atoms with van der Waals surface area (Å²) in [7, 11) is 0. The predicted octanol–water partition coefficient (Wildman–Crippen LogP) is 2.97. The van der Waals surface area contributed by atoms with Crippen LogP contribution in [-0.2, 0) is 0 Å². The first kappa shape index (κ1) is 22.6. The number of nitrogens with one attached hydrogen (secondary N) is 3. The molecule has 0 saturated carbocycles. The fraction of sp³-hybridized carbons (Fsp3) is 0.227. The quantitative estimate of drug-likeness (QED) is 0.526. The Hall–Kier alpha value is -3.63. The maximum Gasteiger partial charge on any atom is 0.275 e. The van der Waals surface area contributed by atoms with Gasteiger partial charge >= 0.3 is 0 Å². The Labute approximate surface area is 194 Å². The Morgan fingerprint density at radius 3 is 2.61 bits per heavy atom. The number of aromatic nitrogens is 3. The summed E-state index contributed by atoms with van der Waals surface area (Å²) in [6.45, 7) is 3.46. The van der Waals surface area contributed by atoms with Crippen LogP contribution in [0.2, 0.25) is 5.02 Å². The summed E-state index contributed by atoms with van der Waals surface area (Å²) in [4.78, 5) is 40.1. The van der Waals surface area contributed by atoms with Crippen LogP contribution in [0, 0.1) is 5.82 Å². The summed E-state index contributed by atoms with van der Waals surface area (Å²) in [5.74, 6) is -0.922. The van der Waals surface area contributed by atoms with Crippen molar-refractivity contribution in [3.05, 3.63) is 71.0 Å². The van der Waals surface area contributed by atoms with Crippen molar-refractivity contribution in [2.45, 2.75) is 6.42 Å². The maximum absolute atomic E-state index is 13.9. The third-order valence-electron chi connectivity index (χ3n) is 4.98. The van der Waals surface area contributed by atoms with Gasteiger partial charge in [0.15, 0.2) is 0 Å². The normalized spacial score (nSPS) is 13.8. The Balaban J connectivity index is 1.48. The lowest BCUT2D eigenvalue weighted by atomic mass is 10.1. The van der Waals surface area contributed by atoms with Crippen molar-refractivity contribution in [1.29, 1.82) is 0 Å². The topological polar surface area (TPSA) is 112 Å². The Morgan fingerprint density at radius 2 is 1.85 bits per heavy atom. The molecule has 170 valence electrons. The highest BCUT2D eigenvalue weighted by Gasteiger charge is 2.18. The highest BCUT2D eigenvalue weighted by Crippen LogP contribution is 2.20. The third kappa shape index (κ3) is 5.79. The molecule has 2 aromatic heterocycles. The summed E-state index contributed by atoms with van der Waals surface area (Å²) in [5.41, 5.74) is 0.126. The van der Waals surface area contributed by atoms with Crippen LogP contribution >= 0.6 is 11.6 Å². The Kier molecular flexibility index (Phi) is 7.06. The highest BCUT2D eigenvalue weighted by atomic mass is 35.5. The first-order valence-corrected chi connectivity index (χ1v) is 10.7. The molecule has 0 radical (unpaired) electrons. The Morgan fingerprint density at radius 1 is 0.970 bits per heavy atom. The number of nitrogens with zero attached hydrogens (tertiary/aromatic N) is 4. The smallest absolute Gasteiger partial charge is 0.275 e. The Bertz CT molecular complexity index is 1130. The minimum atomic E-state index is -0.643. The number of anilines is 3. The van der Waals surface area contributed by atoms with E-state index in [1.54, 1.807) is 12.3 Å². The summed E-state index contributed by atoms with van der Waals surface area (Å²) in [6, 6.07) is 6.56. The monoisotopic (exact) mass is 469 g/mol. The SMILES string of the molecule is O=C(Nc1ccc(F)cc1C(=O)Nc1ccc(Cl)cn1)c1cnc(N2CCCNCC2)cn1. The molecule has 3 heterocycles. The minimum absolute atomic E-state index is 0.0678. The molecule has 33 heavy (non-hydrogen) atoms. The second-order valence-corrected chi connectivity index (χ2v) is 7.75. The first-order chi connectivity index (χ1) is 16.0. The van der Waals surface area contributed by atoms with Crippen LogP contribution in [-0.4, -0.2) is 52.9 Å². The van der Waals surface area contributed by atoms with E-state index in [-0.39, 0.29) is 22.8 Å². The van der Waals surface area contributed by atoms with Gasteiger partial charge in [0.2, 0.25) is 0 Å². The van der Waals surface area contributed by atoms with Gasteiger partial charge in [-0.1, -0.05) is 11.6 Å². The number of hydrogen-bond acceptors (Lipinski definition) is 7. The van der Waals surface area contributed by atoms with Gasteiger partial charge in [0, 0.05) is 25.8 Å². The second kappa shape index (κ2) is 10.3. The van der Waals surface area contributed by atoms with E-state index < -0.39 is 17.6 Å². The fourth-order valence-corrected chi connectivity index (χ4v) is 3.42. The molecule has 0 atom stereocenters. The molecule has 0 bridgehead atoms. The molecule has 0 unspecified atom stereocenters. The van der Waals surface area contributed by atoms with Crippen molar-refractivity contribution < 1.29 is 14.0 Å². The van der Waals surface area contributed by atoms with Crippen molar-refractivity contribution in [3.63, 3.8) is 0 Å². The van der Waals surface area contributed by atoms with Crippen LogP contribution in [0.1, 0.15) is 27.3 Å². The lowest BCUT2D eigenvalue weighted by Crippen LogP contribution is -2.29. The number of amides is 2. The van der Waals surface area contributed by atoms with Crippen molar-refractivity contribution >= 4 is 40.7 Å². The van der Waals surface area contributed by atoms with E-state index >= 15 is 0 Å². The largest absolute Gasteiger partial charge is 0.354 e. The summed E-state index contributed by atoms with van der Waals surface area (Å²) in [6.07, 6.45) is 5.29. The van der Waals surface area contributed by atoms with Crippen LogP contribution in [0.25, 0.3) is 0 Å². The number of carbonyl (C=O) groups excluding carboxylic acids is 2. The average molecular weight is 470 g/mol. The molecule has 3 aromatic rings. The van der Waals surface area contributed by atoms with Crippen molar-refractivity contribution in [2.24, 2.45) is 0 Å². The van der Waals surface area contributed by atoms with Gasteiger partial charge in [-0.15, -0.1) is 0 Å². The molecule has 2 amide bonds. The van der Waals surface area contributed by atoms with Crippen LogP contribution in [0.5, 0.6) is 0 Å². The summed E-state index contributed by atoms with van der Waals surface area (Å²) in [5, 5.41) is 8.88. The van der Waals surface area contributed by atoms with E-state index in [4.69, 9.17) is 11.6 Å². The zero-order valence-electron chi connectivity index (χ0n) is 17.5. The summed E-state index contributed by atoms with van der Waals surface area (Å²) < 4.78 is 13.9. The molecule has 1 saturated heterocycles. The summed E-state index contributed by atoms with van der Waals surface area (Å²) >= 11 is 5.80. The van der Waals surface area contributed by atoms with Gasteiger partial charge in [0.05, 0.1) is 28.7 Å². The number of benzene rings is 1. The zero-order valence-corrected chi connectivity index (χ0v) is 18.3. The molecule has 4 rings (SSSR count).